The van der Waals surface area contributed by atoms with E-state index in [1.807, 2.05) is 25.1 Å². The smallest absolute Gasteiger partial charge is 0.332 e. The number of aromatic amines is 1. The summed E-state index contributed by atoms with van der Waals surface area (Å²) in [4.78, 5) is 33.7. The molecule has 0 saturated carbocycles. The number of hydrogen-bond donors (Lipinski definition) is 2. The van der Waals surface area contributed by atoms with Gasteiger partial charge in [-0.15, -0.1) is 0 Å². The largest absolute Gasteiger partial charge is 0.357 e. The maximum absolute atomic E-state index is 13.2. The fourth-order valence-corrected chi connectivity index (χ4v) is 3.81. The monoisotopic (exact) mass is 400 g/mol. The van der Waals surface area contributed by atoms with Crippen molar-refractivity contribution in [2.24, 2.45) is 19.8 Å². The first-order valence-corrected chi connectivity index (χ1v) is 9.33. The number of hydrogen-bond acceptors (Lipinski definition) is 4. The molecule has 28 heavy (non-hydrogen) atoms. The minimum atomic E-state index is -0.424. The van der Waals surface area contributed by atoms with Gasteiger partial charge in [0.2, 0.25) is 0 Å². The zero-order valence-electron chi connectivity index (χ0n) is 15.9. The molecule has 3 aromatic heterocycles. The van der Waals surface area contributed by atoms with Gasteiger partial charge in [-0.3, -0.25) is 13.9 Å². The van der Waals surface area contributed by atoms with Gasteiger partial charge in [0.15, 0.2) is 11.2 Å². The third-order valence-corrected chi connectivity index (χ3v) is 5.51. The van der Waals surface area contributed by atoms with E-state index in [-0.39, 0.29) is 18.0 Å². The summed E-state index contributed by atoms with van der Waals surface area (Å²) in [6.45, 7) is 2.45. The summed E-state index contributed by atoms with van der Waals surface area (Å²) in [7, 11) is 3.39. The fourth-order valence-electron chi connectivity index (χ4n) is 3.58. The Balaban J connectivity index is 1.91. The van der Waals surface area contributed by atoms with Crippen molar-refractivity contribution < 1.29 is 0 Å². The molecule has 8 nitrogen and oxygen atoms in total. The molecule has 1 aromatic carbocycles. The third kappa shape index (κ3) is 2.68. The van der Waals surface area contributed by atoms with Gasteiger partial charge in [-0.25, -0.2) is 9.78 Å². The average Bonchev–Trinajstić information content (AvgIpc) is 3.25. The summed E-state index contributed by atoms with van der Waals surface area (Å²) >= 11 is 6.23. The van der Waals surface area contributed by atoms with Crippen LogP contribution in [0.4, 0.5) is 0 Å². The number of aryl methyl sites for hydroxylation is 2. The lowest BCUT2D eigenvalue weighted by molar-refractivity contribution is 0.647. The van der Waals surface area contributed by atoms with E-state index in [1.54, 1.807) is 24.7 Å². The van der Waals surface area contributed by atoms with E-state index in [9.17, 15) is 9.59 Å². The Labute approximate surface area is 165 Å². The number of fused-ring (bicyclic) bond motifs is 2. The Morgan fingerprint density at radius 2 is 2.00 bits per heavy atom. The molecule has 0 aliphatic heterocycles. The number of halogens is 1. The molecule has 1 unspecified atom stereocenters. The molecule has 3 N–H and O–H groups in total. The van der Waals surface area contributed by atoms with Crippen LogP contribution in [0.15, 0.2) is 33.9 Å². The predicted octanol–water partition coefficient (Wildman–Crippen LogP) is 1.68. The molecule has 4 rings (SSSR count). The van der Waals surface area contributed by atoms with Gasteiger partial charge in [-0.1, -0.05) is 24.6 Å². The summed E-state index contributed by atoms with van der Waals surface area (Å²) in [6, 6.07) is 7.40. The van der Waals surface area contributed by atoms with Gasteiger partial charge in [0.05, 0.1) is 6.54 Å². The van der Waals surface area contributed by atoms with Crippen molar-refractivity contribution in [2.45, 2.75) is 19.4 Å². The molecule has 9 heteroatoms. The standard InChI is InChI=1S/C19H21ClN6O2/c1-10(8-21)16-23-17-15(24(16)2)18(27)26(19(28)25(17)3)9-11-7-12-13(20)5-4-6-14(12)22-11/h4-7,10,22H,8-9,21H2,1-3H3. The van der Waals surface area contributed by atoms with Crippen LogP contribution in [0.5, 0.6) is 0 Å². The number of nitrogens with one attached hydrogen (secondary N) is 1. The van der Waals surface area contributed by atoms with Crippen molar-refractivity contribution in [2.75, 3.05) is 6.54 Å². The predicted molar refractivity (Wildman–Crippen MR) is 110 cm³/mol. The highest BCUT2D eigenvalue weighted by Crippen LogP contribution is 2.24. The first kappa shape index (κ1) is 18.5. The van der Waals surface area contributed by atoms with Gasteiger partial charge in [0, 0.05) is 48.2 Å². The van der Waals surface area contributed by atoms with Crippen LogP contribution >= 0.6 is 11.6 Å². The molecule has 0 radical (unpaired) electrons. The Hall–Kier alpha value is -2.84. The van der Waals surface area contributed by atoms with Gasteiger partial charge in [-0.2, -0.15) is 0 Å². The summed E-state index contributed by atoms with van der Waals surface area (Å²) in [5.74, 6) is 0.649. The summed E-state index contributed by atoms with van der Waals surface area (Å²) in [6.07, 6.45) is 0. The Morgan fingerprint density at radius 3 is 2.68 bits per heavy atom. The summed E-state index contributed by atoms with van der Waals surface area (Å²) in [5, 5.41) is 1.47. The topological polar surface area (TPSA) is 104 Å². The van der Waals surface area contributed by atoms with E-state index >= 15 is 0 Å². The first-order valence-electron chi connectivity index (χ1n) is 8.95. The Bertz CT molecular complexity index is 1330. The van der Waals surface area contributed by atoms with Crippen molar-refractivity contribution in [3.63, 3.8) is 0 Å². The molecule has 3 heterocycles. The van der Waals surface area contributed by atoms with Crippen LogP contribution in [0.3, 0.4) is 0 Å². The van der Waals surface area contributed by atoms with Crippen LogP contribution in [0.1, 0.15) is 24.4 Å². The summed E-state index contributed by atoms with van der Waals surface area (Å²) in [5.41, 5.74) is 7.28. The molecular weight excluding hydrogens is 380 g/mol. The molecule has 4 aromatic rings. The lowest BCUT2D eigenvalue weighted by Crippen LogP contribution is -2.39. The van der Waals surface area contributed by atoms with Gasteiger partial charge < -0.3 is 15.3 Å². The number of imidazole rings is 1. The molecule has 0 aliphatic carbocycles. The zero-order valence-corrected chi connectivity index (χ0v) is 16.6. The minimum absolute atomic E-state index is 0.0313. The van der Waals surface area contributed by atoms with Crippen molar-refractivity contribution in [3.05, 3.63) is 61.6 Å². The molecule has 0 bridgehead atoms. The molecule has 1 atom stereocenters. The van der Waals surface area contributed by atoms with E-state index in [1.165, 1.54) is 9.13 Å². The SMILES string of the molecule is CC(CN)c1nc2c(c(=O)n(Cc3cc4c(Cl)cccc4[nH]3)c(=O)n2C)n1C. The van der Waals surface area contributed by atoms with Crippen LogP contribution in [0, 0.1) is 0 Å². The van der Waals surface area contributed by atoms with Gasteiger partial charge in [-0.05, 0) is 18.2 Å². The minimum Gasteiger partial charge on any atom is -0.357 e. The van der Waals surface area contributed by atoms with Crippen molar-refractivity contribution in [1.29, 1.82) is 0 Å². The highest BCUT2D eigenvalue weighted by molar-refractivity contribution is 6.35. The number of rotatable bonds is 4. The Morgan fingerprint density at radius 1 is 1.25 bits per heavy atom. The van der Waals surface area contributed by atoms with Crippen LogP contribution in [-0.2, 0) is 20.6 Å². The molecule has 0 fully saturated rings. The maximum Gasteiger partial charge on any atom is 0.332 e. The van der Waals surface area contributed by atoms with Crippen molar-refractivity contribution >= 4 is 33.7 Å². The molecule has 0 amide bonds. The number of H-pyrrole nitrogens is 1. The lowest BCUT2D eigenvalue weighted by atomic mass is 10.2. The van der Waals surface area contributed by atoms with Gasteiger partial charge >= 0.3 is 5.69 Å². The first-order chi connectivity index (χ1) is 13.3. The maximum atomic E-state index is 13.2. The lowest BCUT2D eigenvalue weighted by Gasteiger charge is -2.09. The van der Waals surface area contributed by atoms with Crippen molar-refractivity contribution in [1.82, 2.24) is 23.7 Å². The van der Waals surface area contributed by atoms with E-state index in [0.29, 0.717) is 28.6 Å². The van der Waals surface area contributed by atoms with Crippen LogP contribution in [0.2, 0.25) is 5.02 Å². The van der Waals surface area contributed by atoms with Crippen LogP contribution in [0.25, 0.3) is 22.1 Å². The van der Waals surface area contributed by atoms with E-state index in [0.717, 1.165) is 16.6 Å². The Kier molecular flexibility index (Phi) is 4.40. The number of nitrogens with zero attached hydrogens (tertiary/aromatic N) is 4. The number of aromatic nitrogens is 5. The fraction of sp³-hybridized carbons (Fsp3) is 0.316. The highest BCUT2D eigenvalue weighted by atomic mass is 35.5. The molecule has 0 spiro atoms. The number of nitrogens with two attached hydrogens (primary N) is 1. The highest BCUT2D eigenvalue weighted by Gasteiger charge is 2.21. The van der Waals surface area contributed by atoms with Gasteiger partial charge in [0.1, 0.15) is 5.82 Å². The van der Waals surface area contributed by atoms with Crippen LogP contribution < -0.4 is 17.0 Å². The quantitative estimate of drug-likeness (QED) is 0.543. The van der Waals surface area contributed by atoms with Gasteiger partial charge in [0.25, 0.3) is 5.56 Å². The molecule has 0 aliphatic rings. The molecular formula is C19H21ClN6O2. The summed E-state index contributed by atoms with van der Waals surface area (Å²) < 4.78 is 4.34. The van der Waals surface area contributed by atoms with E-state index in [2.05, 4.69) is 9.97 Å². The third-order valence-electron chi connectivity index (χ3n) is 5.18. The zero-order chi connectivity index (χ0) is 20.2. The second-order valence-electron chi connectivity index (χ2n) is 7.07. The van der Waals surface area contributed by atoms with E-state index < -0.39 is 5.69 Å². The molecule has 146 valence electrons. The second kappa shape index (κ2) is 6.65. The van der Waals surface area contributed by atoms with E-state index in [4.69, 9.17) is 17.3 Å². The van der Waals surface area contributed by atoms with Crippen molar-refractivity contribution in [3.8, 4) is 0 Å². The number of benzene rings is 1. The average molecular weight is 401 g/mol. The molecule has 0 saturated heterocycles. The van der Waals surface area contributed by atoms with Crippen LogP contribution in [-0.4, -0.2) is 30.2 Å². The second-order valence-corrected chi connectivity index (χ2v) is 7.47. The normalized spacial score (nSPS) is 12.9.